The number of amides is 1. The van der Waals surface area contributed by atoms with E-state index in [1.807, 2.05) is 0 Å². The number of benzene rings is 2. The number of hydrogen-bond acceptors (Lipinski definition) is 4. The average molecular weight is 360 g/mol. The second-order valence-corrected chi connectivity index (χ2v) is 7.23. The van der Waals surface area contributed by atoms with E-state index in [2.05, 4.69) is 16.6 Å². The molecule has 2 aromatic carbocycles. The summed E-state index contributed by atoms with van der Waals surface area (Å²) in [5, 5.41) is 2.74. The zero-order valence-electron chi connectivity index (χ0n) is 14.1. The first-order valence-electron chi connectivity index (χ1n) is 7.52. The molecule has 0 saturated heterocycles. The van der Waals surface area contributed by atoms with E-state index < -0.39 is 10.0 Å². The molecule has 0 unspecified atom stereocenters. The van der Waals surface area contributed by atoms with Crippen LogP contribution in [0.5, 0.6) is 5.75 Å². The van der Waals surface area contributed by atoms with Crippen molar-refractivity contribution in [3.63, 3.8) is 0 Å². The lowest BCUT2D eigenvalue weighted by Crippen LogP contribution is -2.14. The Morgan fingerprint density at radius 3 is 2.48 bits per heavy atom. The van der Waals surface area contributed by atoms with Gasteiger partial charge in [0, 0.05) is 11.3 Å². The number of carbonyl (C=O) groups excluding carboxylic acids is 1. The Morgan fingerprint density at radius 2 is 1.88 bits per heavy atom. The summed E-state index contributed by atoms with van der Waals surface area (Å²) in [7, 11) is -3.39. The van der Waals surface area contributed by atoms with Crippen LogP contribution in [0.1, 0.15) is 15.9 Å². The van der Waals surface area contributed by atoms with E-state index in [1.54, 1.807) is 55.5 Å². The number of nitrogens with one attached hydrogen (secondary N) is 2. The van der Waals surface area contributed by atoms with E-state index >= 15 is 0 Å². The molecule has 0 saturated carbocycles. The predicted octanol–water partition coefficient (Wildman–Crippen LogP) is 3.18. The topological polar surface area (TPSA) is 84.5 Å². The fraction of sp³-hybridized carbons (Fsp3) is 0.167. The van der Waals surface area contributed by atoms with Gasteiger partial charge in [0.1, 0.15) is 12.4 Å². The molecular formula is C18H20N2O4S. The third-order valence-corrected chi connectivity index (χ3v) is 3.87. The van der Waals surface area contributed by atoms with Gasteiger partial charge in [-0.3, -0.25) is 9.52 Å². The highest BCUT2D eigenvalue weighted by molar-refractivity contribution is 7.92. The van der Waals surface area contributed by atoms with Crippen molar-refractivity contribution in [3.05, 3.63) is 66.2 Å². The fourth-order valence-corrected chi connectivity index (χ4v) is 2.69. The van der Waals surface area contributed by atoms with Crippen molar-refractivity contribution in [2.24, 2.45) is 0 Å². The monoisotopic (exact) mass is 360 g/mol. The van der Waals surface area contributed by atoms with Gasteiger partial charge >= 0.3 is 0 Å². The minimum atomic E-state index is -3.39. The van der Waals surface area contributed by atoms with E-state index in [0.29, 0.717) is 29.3 Å². The van der Waals surface area contributed by atoms with Crippen molar-refractivity contribution in [2.45, 2.75) is 6.92 Å². The van der Waals surface area contributed by atoms with Crippen LogP contribution in [-0.4, -0.2) is 27.2 Å². The van der Waals surface area contributed by atoms with Crippen LogP contribution in [0.2, 0.25) is 0 Å². The summed E-state index contributed by atoms with van der Waals surface area (Å²) < 4.78 is 30.6. The number of hydrogen-bond donors (Lipinski definition) is 2. The highest BCUT2D eigenvalue weighted by atomic mass is 32.2. The van der Waals surface area contributed by atoms with Gasteiger partial charge in [-0.15, -0.1) is 0 Å². The van der Waals surface area contributed by atoms with E-state index in [4.69, 9.17) is 4.74 Å². The minimum absolute atomic E-state index is 0.301. The van der Waals surface area contributed by atoms with Crippen LogP contribution in [0.25, 0.3) is 0 Å². The van der Waals surface area contributed by atoms with Crippen molar-refractivity contribution in [1.82, 2.24) is 0 Å². The summed E-state index contributed by atoms with van der Waals surface area (Å²) in [6, 6.07) is 11.7. The van der Waals surface area contributed by atoms with Crippen LogP contribution in [-0.2, 0) is 10.0 Å². The molecule has 25 heavy (non-hydrogen) atoms. The quantitative estimate of drug-likeness (QED) is 0.743. The first-order valence-corrected chi connectivity index (χ1v) is 9.41. The number of aryl methyl sites for hydroxylation is 1. The van der Waals surface area contributed by atoms with E-state index in [0.717, 1.165) is 11.8 Å². The van der Waals surface area contributed by atoms with Crippen LogP contribution < -0.4 is 14.8 Å². The SMILES string of the molecule is C=CCOc1ccc(C(=O)Nc2ccc(C)c(NS(C)(=O)=O)c2)cc1. The molecule has 2 rings (SSSR count). The van der Waals surface area contributed by atoms with Crippen LogP contribution in [0.3, 0.4) is 0 Å². The minimum Gasteiger partial charge on any atom is -0.490 e. The van der Waals surface area contributed by atoms with Crippen LogP contribution >= 0.6 is 0 Å². The number of ether oxygens (including phenoxy) is 1. The summed E-state index contributed by atoms with van der Waals surface area (Å²) in [6.45, 7) is 5.74. The Balaban J connectivity index is 2.12. The van der Waals surface area contributed by atoms with Crippen molar-refractivity contribution >= 4 is 27.3 Å². The predicted molar refractivity (Wildman–Crippen MR) is 99.7 cm³/mol. The maximum absolute atomic E-state index is 12.3. The van der Waals surface area contributed by atoms with Gasteiger partial charge in [-0.1, -0.05) is 18.7 Å². The zero-order chi connectivity index (χ0) is 18.4. The molecule has 0 spiro atoms. The van der Waals surface area contributed by atoms with Gasteiger partial charge in [-0.05, 0) is 48.9 Å². The van der Waals surface area contributed by atoms with Crippen molar-refractivity contribution in [1.29, 1.82) is 0 Å². The summed E-state index contributed by atoms with van der Waals surface area (Å²) in [6.07, 6.45) is 2.72. The second-order valence-electron chi connectivity index (χ2n) is 5.48. The molecule has 0 bridgehead atoms. The fourth-order valence-electron chi connectivity index (χ4n) is 2.07. The number of carbonyl (C=O) groups is 1. The van der Waals surface area contributed by atoms with Crippen LogP contribution in [0, 0.1) is 6.92 Å². The Kier molecular flexibility index (Phi) is 5.82. The Bertz CT molecular complexity index is 874. The maximum atomic E-state index is 12.3. The first-order chi connectivity index (χ1) is 11.8. The molecule has 0 radical (unpaired) electrons. The lowest BCUT2D eigenvalue weighted by Gasteiger charge is -2.11. The second kappa shape index (κ2) is 7.85. The Hall–Kier alpha value is -2.80. The molecule has 0 aliphatic carbocycles. The lowest BCUT2D eigenvalue weighted by atomic mass is 10.1. The largest absolute Gasteiger partial charge is 0.490 e. The molecule has 7 heteroatoms. The third-order valence-electron chi connectivity index (χ3n) is 3.28. The van der Waals surface area contributed by atoms with Crippen molar-refractivity contribution in [3.8, 4) is 5.75 Å². The smallest absolute Gasteiger partial charge is 0.255 e. The average Bonchev–Trinajstić information content (AvgIpc) is 2.55. The molecule has 0 heterocycles. The van der Waals surface area contributed by atoms with Crippen molar-refractivity contribution < 1.29 is 17.9 Å². The standard InChI is InChI=1S/C18H20N2O4S/c1-4-11-24-16-9-6-14(7-10-16)18(21)19-15-8-5-13(2)17(12-15)20-25(3,22)23/h4-10,12,20H,1,11H2,2-3H3,(H,19,21). The van der Waals surface area contributed by atoms with Gasteiger partial charge in [0.15, 0.2) is 0 Å². The highest BCUT2D eigenvalue weighted by Crippen LogP contribution is 2.22. The molecule has 2 aromatic rings. The summed E-state index contributed by atoms with van der Waals surface area (Å²) >= 11 is 0. The van der Waals surface area contributed by atoms with Gasteiger partial charge in [0.25, 0.3) is 5.91 Å². The molecule has 0 aromatic heterocycles. The first kappa shape index (κ1) is 18.5. The molecule has 0 aliphatic heterocycles. The number of rotatable bonds is 7. The van der Waals surface area contributed by atoms with Gasteiger partial charge < -0.3 is 10.1 Å². The van der Waals surface area contributed by atoms with E-state index in [-0.39, 0.29) is 5.91 Å². The highest BCUT2D eigenvalue weighted by Gasteiger charge is 2.10. The van der Waals surface area contributed by atoms with Gasteiger partial charge in [0.05, 0.1) is 11.9 Å². The van der Waals surface area contributed by atoms with Gasteiger partial charge in [0.2, 0.25) is 10.0 Å². The van der Waals surface area contributed by atoms with Crippen LogP contribution in [0.15, 0.2) is 55.1 Å². The number of anilines is 2. The van der Waals surface area contributed by atoms with Gasteiger partial charge in [-0.2, -0.15) is 0 Å². The Morgan fingerprint density at radius 1 is 1.20 bits per heavy atom. The molecule has 6 nitrogen and oxygen atoms in total. The van der Waals surface area contributed by atoms with Gasteiger partial charge in [-0.25, -0.2) is 8.42 Å². The normalized spacial score (nSPS) is 10.8. The third kappa shape index (κ3) is 5.65. The van der Waals surface area contributed by atoms with E-state index in [1.165, 1.54) is 0 Å². The summed E-state index contributed by atoms with van der Waals surface area (Å²) in [5.41, 5.74) is 2.14. The van der Waals surface area contributed by atoms with Crippen LogP contribution in [0.4, 0.5) is 11.4 Å². The Labute approximate surface area is 147 Å². The molecule has 0 fully saturated rings. The lowest BCUT2D eigenvalue weighted by molar-refractivity contribution is 0.102. The molecule has 1 amide bonds. The molecule has 132 valence electrons. The van der Waals surface area contributed by atoms with Crippen molar-refractivity contribution in [2.75, 3.05) is 22.9 Å². The molecule has 0 atom stereocenters. The van der Waals surface area contributed by atoms with E-state index in [9.17, 15) is 13.2 Å². The molecular weight excluding hydrogens is 340 g/mol. The summed E-state index contributed by atoms with van der Waals surface area (Å²) in [5.74, 6) is 0.343. The zero-order valence-corrected chi connectivity index (χ0v) is 14.9. The summed E-state index contributed by atoms with van der Waals surface area (Å²) in [4.78, 5) is 12.3. The molecule has 0 aliphatic rings. The molecule has 2 N–H and O–H groups in total. The maximum Gasteiger partial charge on any atom is 0.255 e. The number of sulfonamides is 1.